The zero-order chi connectivity index (χ0) is 10.3. The van der Waals surface area contributed by atoms with Gasteiger partial charge >= 0.3 is 0 Å². The quantitative estimate of drug-likeness (QED) is 0.555. The van der Waals surface area contributed by atoms with Crippen LogP contribution in [0.4, 0.5) is 0 Å². The summed E-state index contributed by atoms with van der Waals surface area (Å²) in [6.07, 6.45) is 4.93. The maximum atomic E-state index is 6.18. The molecule has 0 aliphatic carbocycles. The predicted molar refractivity (Wildman–Crippen MR) is 58.4 cm³/mol. The molecule has 80 valence electrons. The third-order valence-electron chi connectivity index (χ3n) is 2.88. The number of rotatable bonds is 7. The Hall–Kier alpha value is -0.120. The van der Waals surface area contributed by atoms with Crippen molar-refractivity contribution in [2.75, 3.05) is 6.54 Å². The summed E-state index contributed by atoms with van der Waals surface area (Å²) in [7, 11) is 0. The lowest BCUT2D eigenvalue weighted by atomic mass is 9.86. The first-order valence-electron chi connectivity index (χ1n) is 5.32. The van der Waals surface area contributed by atoms with Crippen molar-refractivity contribution in [1.29, 1.82) is 0 Å². The average Bonchev–Trinajstić information content (AvgIpc) is 2.15. The van der Waals surface area contributed by atoms with Crippen LogP contribution < -0.4 is 17.2 Å². The van der Waals surface area contributed by atoms with Crippen LogP contribution >= 0.6 is 0 Å². The molecular weight excluding hydrogens is 162 g/mol. The van der Waals surface area contributed by atoms with Gasteiger partial charge in [0.15, 0.2) is 0 Å². The van der Waals surface area contributed by atoms with E-state index >= 15 is 0 Å². The molecule has 0 heterocycles. The van der Waals surface area contributed by atoms with Gasteiger partial charge in [-0.15, -0.1) is 0 Å². The molecule has 0 saturated heterocycles. The van der Waals surface area contributed by atoms with Crippen LogP contribution in [0.2, 0.25) is 0 Å². The molecular formula is C10H25N3. The summed E-state index contributed by atoms with van der Waals surface area (Å²) in [5, 5.41) is 0. The molecule has 0 fully saturated rings. The molecule has 6 N–H and O–H groups in total. The van der Waals surface area contributed by atoms with Crippen molar-refractivity contribution in [3.05, 3.63) is 0 Å². The smallest absolute Gasteiger partial charge is 0.0164 e. The highest BCUT2D eigenvalue weighted by Crippen LogP contribution is 2.19. The fraction of sp³-hybridized carbons (Fsp3) is 1.00. The monoisotopic (exact) mass is 187 g/mol. The second-order valence-corrected chi connectivity index (χ2v) is 3.96. The molecule has 0 spiro atoms. The normalized spacial score (nSPS) is 18.2. The van der Waals surface area contributed by atoms with Gasteiger partial charge in [-0.1, -0.05) is 13.8 Å². The van der Waals surface area contributed by atoms with Gasteiger partial charge in [-0.3, -0.25) is 0 Å². The molecule has 0 amide bonds. The van der Waals surface area contributed by atoms with Gasteiger partial charge in [-0.2, -0.15) is 0 Å². The van der Waals surface area contributed by atoms with E-state index in [9.17, 15) is 0 Å². The number of hydrogen-bond donors (Lipinski definition) is 3. The van der Waals surface area contributed by atoms with Gasteiger partial charge in [0.05, 0.1) is 0 Å². The van der Waals surface area contributed by atoms with Gasteiger partial charge in [0.25, 0.3) is 0 Å². The molecule has 2 unspecified atom stereocenters. The molecule has 0 aromatic rings. The van der Waals surface area contributed by atoms with Crippen molar-refractivity contribution in [1.82, 2.24) is 0 Å². The molecule has 2 atom stereocenters. The Morgan fingerprint density at radius 2 is 1.85 bits per heavy atom. The highest BCUT2D eigenvalue weighted by molar-refractivity contribution is 4.84. The highest BCUT2D eigenvalue weighted by Gasteiger charge is 2.21. The molecule has 3 nitrogen and oxygen atoms in total. The lowest BCUT2D eigenvalue weighted by molar-refractivity contribution is 0.334. The van der Waals surface area contributed by atoms with Crippen molar-refractivity contribution in [2.45, 2.75) is 57.5 Å². The first kappa shape index (κ1) is 12.9. The SMILES string of the molecule is CCC(N)CCC(N)(CC)CCN. The minimum atomic E-state index is -0.0818. The van der Waals surface area contributed by atoms with Gasteiger partial charge in [0, 0.05) is 11.6 Å². The van der Waals surface area contributed by atoms with Gasteiger partial charge in [-0.25, -0.2) is 0 Å². The largest absolute Gasteiger partial charge is 0.330 e. The van der Waals surface area contributed by atoms with E-state index in [0.29, 0.717) is 12.6 Å². The van der Waals surface area contributed by atoms with E-state index in [-0.39, 0.29) is 5.54 Å². The van der Waals surface area contributed by atoms with E-state index in [1.807, 2.05) is 0 Å². The Bertz CT molecular complexity index is 127. The zero-order valence-electron chi connectivity index (χ0n) is 9.05. The summed E-state index contributed by atoms with van der Waals surface area (Å²) in [5.41, 5.74) is 17.5. The van der Waals surface area contributed by atoms with Gasteiger partial charge < -0.3 is 17.2 Å². The fourth-order valence-electron chi connectivity index (χ4n) is 1.44. The molecule has 0 radical (unpaired) electrons. The van der Waals surface area contributed by atoms with E-state index in [4.69, 9.17) is 17.2 Å². The molecule has 0 aliphatic rings. The third-order valence-corrected chi connectivity index (χ3v) is 2.88. The topological polar surface area (TPSA) is 78.1 Å². The van der Waals surface area contributed by atoms with E-state index in [1.165, 1.54) is 0 Å². The fourth-order valence-corrected chi connectivity index (χ4v) is 1.44. The third kappa shape index (κ3) is 5.24. The Morgan fingerprint density at radius 1 is 1.23 bits per heavy atom. The van der Waals surface area contributed by atoms with Crippen molar-refractivity contribution in [3.8, 4) is 0 Å². The summed E-state index contributed by atoms with van der Waals surface area (Å²) in [6.45, 7) is 4.90. The van der Waals surface area contributed by atoms with Gasteiger partial charge in [0.1, 0.15) is 0 Å². The lowest BCUT2D eigenvalue weighted by Gasteiger charge is -2.28. The standard InChI is InChI=1S/C10H25N3/c1-3-9(12)5-6-10(13,4-2)7-8-11/h9H,3-8,11-13H2,1-2H3. The van der Waals surface area contributed by atoms with Crippen LogP contribution in [0.5, 0.6) is 0 Å². The number of nitrogens with two attached hydrogens (primary N) is 3. The Balaban J connectivity index is 3.82. The summed E-state index contributed by atoms with van der Waals surface area (Å²) in [6, 6.07) is 0.298. The Morgan fingerprint density at radius 3 is 2.23 bits per heavy atom. The average molecular weight is 187 g/mol. The van der Waals surface area contributed by atoms with Crippen molar-refractivity contribution in [2.24, 2.45) is 17.2 Å². The lowest BCUT2D eigenvalue weighted by Crippen LogP contribution is -2.42. The van der Waals surface area contributed by atoms with Crippen molar-refractivity contribution in [3.63, 3.8) is 0 Å². The van der Waals surface area contributed by atoms with Crippen LogP contribution in [0.3, 0.4) is 0 Å². The first-order chi connectivity index (χ1) is 6.08. The van der Waals surface area contributed by atoms with Gasteiger partial charge in [0.2, 0.25) is 0 Å². The summed E-state index contributed by atoms with van der Waals surface area (Å²) >= 11 is 0. The molecule has 13 heavy (non-hydrogen) atoms. The van der Waals surface area contributed by atoms with Crippen LogP contribution in [0.25, 0.3) is 0 Å². The van der Waals surface area contributed by atoms with Crippen LogP contribution in [-0.4, -0.2) is 18.1 Å². The molecule has 0 saturated carbocycles. The second kappa shape index (κ2) is 6.35. The predicted octanol–water partition coefficient (Wildman–Crippen LogP) is 0.960. The summed E-state index contributed by atoms with van der Waals surface area (Å²) < 4.78 is 0. The van der Waals surface area contributed by atoms with E-state index < -0.39 is 0 Å². The minimum absolute atomic E-state index is 0.0818. The zero-order valence-corrected chi connectivity index (χ0v) is 9.05. The van der Waals surface area contributed by atoms with Crippen molar-refractivity contribution >= 4 is 0 Å². The maximum absolute atomic E-state index is 6.18. The minimum Gasteiger partial charge on any atom is -0.330 e. The molecule has 3 heteroatoms. The summed E-state index contributed by atoms with van der Waals surface area (Å²) in [4.78, 5) is 0. The highest BCUT2D eigenvalue weighted by atomic mass is 14.8. The first-order valence-corrected chi connectivity index (χ1v) is 5.32. The van der Waals surface area contributed by atoms with Crippen LogP contribution in [0.15, 0.2) is 0 Å². The molecule has 0 aromatic carbocycles. The Kier molecular flexibility index (Phi) is 6.29. The molecule has 0 aromatic heterocycles. The molecule has 0 aliphatic heterocycles. The van der Waals surface area contributed by atoms with E-state index in [0.717, 1.165) is 32.1 Å². The van der Waals surface area contributed by atoms with Crippen LogP contribution in [0.1, 0.15) is 46.0 Å². The van der Waals surface area contributed by atoms with Gasteiger partial charge in [-0.05, 0) is 38.6 Å². The van der Waals surface area contributed by atoms with E-state index in [2.05, 4.69) is 13.8 Å². The van der Waals surface area contributed by atoms with Crippen LogP contribution in [0, 0.1) is 0 Å². The summed E-state index contributed by atoms with van der Waals surface area (Å²) in [5.74, 6) is 0. The Labute approximate surface area is 82.0 Å². The number of hydrogen-bond acceptors (Lipinski definition) is 3. The van der Waals surface area contributed by atoms with Crippen LogP contribution in [-0.2, 0) is 0 Å². The molecule has 0 rings (SSSR count). The van der Waals surface area contributed by atoms with Crippen molar-refractivity contribution < 1.29 is 0 Å². The maximum Gasteiger partial charge on any atom is 0.0164 e. The van der Waals surface area contributed by atoms with E-state index in [1.54, 1.807) is 0 Å². The second-order valence-electron chi connectivity index (χ2n) is 3.96. The molecule has 0 bridgehead atoms.